The molecule has 0 bridgehead atoms. The van der Waals surface area contributed by atoms with Gasteiger partial charge >= 0.3 is 11.6 Å². The van der Waals surface area contributed by atoms with Crippen molar-refractivity contribution >= 4 is 38.4 Å². The Bertz CT molecular complexity index is 1060. The second-order valence-corrected chi connectivity index (χ2v) is 8.85. The van der Waals surface area contributed by atoms with Gasteiger partial charge in [-0.2, -0.15) is 0 Å². The van der Waals surface area contributed by atoms with E-state index in [2.05, 4.69) is 5.32 Å². The molecule has 1 aliphatic rings. The summed E-state index contributed by atoms with van der Waals surface area (Å²) < 4.78 is 33.3. The Morgan fingerprint density at radius 2 is 2.07 bits per heavy atom. The number of nitrogens with one attached hydrogen (secondary N) is 1. The van der Waals surface area contributed by atoms with Crippen molar-refractivity contribution in [2.24, 2.45) is 5.92 Å². The summed E-state index contributed by atoms with van der Waals surface area (Å²) in [5, 5.41) is 3.18. The van der Waals surface area contributed by atoms with Gasteiger partial charge in [-0.25, -0.2) is 13.2 Å². The lowest BCUT2D eigenvalue weighted by Crippen LogP contribution is -2.13. The predicted molar refractivity (Wildman–Crippen MR) is 98.0 cm³/mol. The number of esters is 1. The summed E-state index contributed by atoms with van der Waals surface area (Å²) in [5.41, 5.74) is 0.620. The topological polar surface area (TPSA) is 120 Å². The Morgan fingerprint density at radius 3 is 2.74 bits per heavy atom. The number of hydrogen-bond donors (Lipinski definition) is 1. The SMILES string of the molecule is CC(=O)Nc1ccc2c(COC(=O)C[C@H]3CCS(=O)(=O)C3)cc(=O)oc2c1. The van der Waals surface area contributed by atoms with E-state index in [1.165, 1.54) is 19.1 Å². The number of ether oxygens (including phenoxy) is 1. The number of anilines is 1. The van der Waals surface area contributed by atoms with Crippen molar-refractivity contribution in [3.05, 3.63) is 40.2 Å². The molecule has 2 aromatic rings. The number of amides is 1. The van der Waals surface area contributed by atoms with E-state index in [4.69, 9.17) is 9.15 Å². The molecule has 0 aliphatic carbocycles. The molecular formula is C18H19NO7S. The van der Waals surface area contributed by atoms with Crippen LogP contribution in [0.15, 0.2) is 33.5 Å². The summed E-state index contributed by atoms with van der Waals surface area (Å²) >= 11 is 0. The number of fused-ring (bicyclic) bond motifs is 1. The van der Waals surface area contributed by atoms with Crippen LogP contribution in [0.1, 0.15) is 25.3 Å². The average Bonchev–Trinajstić information content (AvgIpc) is 2.90. The molecule has 0 radical (unpaired) electrons. The molecule has 1 amide bonds. The molecule has 1 saturated heterocycles. The van der Waals surface area contributed by atoms with Gasteiger partial charge in [-0.05, 0) is 24.5 Å². The van der Waals surface area contributed by atoms with Crippen LogP contribution in [0, 0.1) is 5.92 Å². The fourth-order valence-electron chi connectivity index (χ4n) is 3.12. The molecule has 8 nitrogen and oxygen atoms in total. The largest absolute Gasteiger partial charge is 0.461 e. The summed E-state index contributed by atoms with van der Waals surface area (Å²) in [4.78, 5) is 34.9. The second-order valence-electron chi connectivity index (χ2n) is 6.62. The van der Waals surface area contributed by atoms with Crippen molar-refractivity contribution in [2.75, 3.05) is 16.8 Å². The first-order chi connectivity index (χ1) is 12.7. The fourth-order valence-corrected chi connectivity index (χ4v) is 4.98. The monoisotopic (exact) mass is 393 g/mol. The fraction of sp³-hybridized carbons (Fsp3) is 0.389. The number of carbonyl (C=O) groups is 2. The van der Waals surface area contributed by atoms with Gasteiger partial charge in [0.2, 0.25) is 5.91 Å². The zero-order valence-corrected chi connectivity index (χ0v) is 15.5. The third-order valence-electron chi connectivity index (χ3n) is 4.32. The third-order valence-corrected chi connectivity index (χ3v) is 6.16. The molecular weight excluding hydrogens is 374 g/mol. The van der Waals surface area contributed by atoms with Crippen molar-refractivity contribution in [2.45, 2.75) is 26.4 Å². The third kappa shape index (κ3) is 4.94. The van der Waals surface area contributed by atoms with E-state index in [0.29, 0.717) is 23.1 Å². The van der Waals surface area contributed by atoms with Gasteiger partial charge < -0.3 is 14.5 Å². The van der Waals surface area contributed by atoms with Crippen LogP contribution >= 0.6 is 0 Å². The Labute approximate surface area is 155 Å². The van der Waals surface area contributed by atoms with E-state index < -0.39 is 21.4 Å². The molecule has 0 saturated carbocycles. The molecule has 0 spiro atoms. The quantitative estimate of drug-likeness (QED) is 0.605. The highest BCUT2D eigenvalue weighted by molar-refractivity contribution is 7.91. The first kappa shape index (κ1) is 19.1. The predicted octanol–water partition coefficient (Wildman–Crippen LogP) is 1.62. The molecule has 9 heteroatoms. The van der Waals surface area contributed by atoms with Crippen LogP contribution in [-0.4, -0.2) is 31.8 Å². The van der Waals surface area contributed by atoms with Crippen molar-refractivity contribution in [3.63, 3.8) is 0 Å². The van der Waals surface area contributed by atoms with Gasteiger partial charge in [0.1, 0.15) is 12.2 Å². The molecule has 144 valence electrons. The average molecular weight is 393 g/mol. The lowest BCUT2D eigenvalue weighted by Gasteiger charge is -2.10. The van der Waals surface area contributed by atoms with E-state index in [9.17, 15) is 22.8 Å². The molecule has 1 aliphatic heterocycles. The van der Waals surface area contributed by atoms with E-state index in [-0.39, 0.29) is 41.9 Å². The van der Waals surface area contributed by atoms with Gasteiger partial charge in [0.25, 0.3) is 0 Å². The Hall–Kier alpha value is -2.68. The van der Waals surface area contributed by atoms with E-state index in [1.807, 2.05) is 0 Å². The maximum absolute atomic E-state index is 12.0. The zero-order valence-electron chi connectivity index (χ0n) is 14.7. The number of benzene rings is 1. The lowest BCUT2D eigenvalue weighted by atomic mass is 10.1. The summed E-state index contributed by atoms with van der Waals surface area (Å²) in [6.07, 6.45) is 0.493. The molecule has 2 heterocycles. The minimum Gasteiger partial charge on any atom is -0.461 e. The molecule has 1 aromatic carbocycles. The van der Waals surface area contributed by atoms with Crippen LogP contribution in [0.4, 0.5) is 5.69 Å². The Kier molecular flexibility index (Phi) is 5.31. The summed E-state index contributed by atoms with van der Waals surface area (Å²) in [5.74, 6) is -0.873. The number of carbonyl (C=O) groups excluding carboxylic acids is 2. The van der Waals surface area contributed by atoms with Crippen molar-refractivity contribution in [3.8, 4) is 0 Å². The van der Waals surface area contributed by atoms with Crippen LogP contribution in [-0.2, 0) is 30.8 Å². The lowest BCUT2D eigenvalue weighted by molar-refractivity contribution is -0.145. The van der Waals surface area contributed by atoms with Gasteiger partial charge in [-0.1, -0.05) is 0 Å². The van der Waals surface area contributed by atoms with Gasteiger partial charge in [0, 0.05) is 42.1 Å². The van der Waals surface area contributed by atoms with Crippen LogP contribution in [0.5, 0.6) is 0 Å². The van der Waals surface area contributed by atoms with Crippen LogP contribution < -0.4 is 10.9 Å². The van der Waals surface area contributed by atoms with Gasteiger partial charge in [-0.15, -0.1) is 0 Å². The standard InChI is InChI=1S/C18H19NO7S/c1-11(20)19-14-2-3-15-13(7-18(22)26-16(15)8-14)9-25-17(21)6-12-4-5-27(23,24)10-12/h2-3,7-8,12H,4-6,9-10H2,1H3,(H,19,20)/t12-/m1/s1. The maximum atomic E-state index is 12.0. The van der Waals surface area contributed by atoms with E-state index in [0.717, 1.165) is 0 Å². The van der Waals surface area contributed by atoms with Gasteiger partial charge in [0.05, 0.1) is 11.5 Å². The molecule has 1 atom stereocenters. The first-order valence-corrected chi connectivity index (χ1v) is 10.2. The highest BCUT2D eigenvalue weighted by Gasteiger charge is 2.29. The second kappa shape index (κ2) is 7.51. The van der Waals surface area contributed by atoms with Crippen molar-refractivity contribution in [1.29, 1.82) is 0 Å². The number of rotatable bonds is 5. The first-order valence-electron chi connectivity index (χ1n) is 8.42. The molecule has 1 N–H and O–H groups in total. The summed E-state index contributed by atoms with van der Waals surface area (Å²) in [6.45, 7) is 1.24. The minimum absolute atomic E-state index is 0.00583. The molecule has 3 rings (SSSR count). The summed E-state index contributed by atoms with van der Waals surface area (Å²) in [6, 6.07) is 6.08. The molecule has 1 fully saturated rings. The van der Waals surface area contributed by atoms with Crippen LogP contribution in [0.25, 0.3) is 11.0 Å². The highest BCUT2D eigenvalue weighted by Crippen LogP contribution is 2.24. The van der Waals surface area contributed by atoms with E-state index >= 15 is 0 Å². The Balaban J connectivity index is 1.71. The van der Waals surface area contributed by atoms with Crippen LogP contribution in [0.2, 0.25) is 0 Å². The van der Waals surface area contributed by atoms with Crippen molar-refractivity contribution < 1.29 is 27.2 Å². The number of hydrogen-bond acceptors (Lipinski definition) is 7. The molecule has 27 heavy (non-hydrogen) atoms. The van der Waals surface area contributed by atoms with Crippen LogP contribution in [0.3, 0.4) is 0 Å². The van der Waals surface area contributed by atoms with Gasteiger partial charge in [0.15, 0.2) is 9.84 Å². The maximum Gasteiger partial charge on any atom is 0.336 e. The van der Waals surface area contributed by atoms with E-state index in [1.54, 1.807) is 12.1 Å². The van der Waals surface area contributed by atoms with Gasteiger partial charge in [-0.3, -0.25) is 9.59 Å². The van der Waals surface area contributed by atoms with Crippen molar-refractivity contribution in [1.82, 2.24) is 0 Å². The molecule has 0 unspecified atom stereocenters. The highest BCUT2D eigenvalue weighted by atomic mass is 32.2. The molecule has 1 aromatic heterocycles. The normalized spacial score (nSPS) is 18.3. The Morgan fingerprint density at radius 1 is 1.30 bits per heavy atom. The number of sulfone groups is 1. The summed E-state index contributed by atoms with van der Waals surface area (Å²) in [7, 11) is -3.05. The minimum atomic E-state index is -3.05. The smallest absolute Gasteiger partial charge is 0.336 e. The zero-order chi connectivity index (χ0) is 19.6.